The zero-order valence-corrected chi connectivity index (χ0v) is 10.6. The minimum Gasteiger partial charge on any atom is -0.382 e. The van der Waals surface area contributed by atoms with Crippen molar-refractivity contribution in [2.45, 2.75) is 38.3 Å². The maximum absolute atomic E-state index is 13.2. The number of nitrogens with one attached hydrogen (secondary N) is 1. The molecule has 4 heteroatoms. The summed E-state index contributed by atoms with van der Waals surface area (Å²) in [4.78, 5) is 0. The summed E-state index contributed by atoms with van der Waals surface area (Å²) in [5, 5.41) is 3.75. The van der Waals surface area contributed by atoms with Crippen LogP contribution in [0.15, 0.2) is 18.2 Å². The lowest BCUT2D eigenvalue weighted by Gasteiger charge is -2.30. The summed E-state index contributed by atoms with van der Waals surface area (Å²) in [5.74, 6) is -0.306. The highest BCUT2D eigenvalue weighted by Gasteiger charge is 2.21. The Morgan fingerprint density at radius 2 is 2.29 bits per heavy atom. The van der Waals surface area contributed by atoms with E-state index in [0.717, 1.165) is 31.6 Å². The average Bonchev–Trinajstić information content (AvgIpc) is 2.28. The molecule has 2 atom stereocenters. The van der Waals surface area contributed by atoms with Crippen LogP contribution in [-0.2, 0) is 4.74 Å². The quantitative estimate of drug-likeness (QED) is 0.888. The van der Waals surface area contributed by atoms with E-state index in [0.29, 0.717) is 17.2 Å². The molecule has 0 aromatic heterocycles. The molecule has 0 radical (unpaired) electrons. The molecule has 2 rings (SSSR count). The van der Waals surface area contributed by atoms with Gasteiger partial charge >= 0.3 is 0 Å². The first-order valence-electron chi connectivity index (χ1n) is 6.01. The second kappa shape index (κ2) is 5.69. The van der Waals surface area contributed by atoms with E-state index < -0.39 is 0 Å². The lowest BCUT2D eigenvalue weighted by atomic mass is 10.0. The van der Waals surface area contributed by atoms with Gasteiger partial charge in [0.05, 0.1) is 6.10 Å². The van der Waals surface area contributed by atoms with E-state index in [-0.39, 0.29) is 5.82 Å². The Labute approximate surface area is 106 Å². The smallest absolute Gasteiger partial charge is 0.126 e. The van der Waals surface area contributed by atoms with E-state index in [1.807, 2.05) is 0 Å². The average molecular weight is 258 g/mol. The van der Waals surface area contributed by atoms with Crippen molar-refractivity contribution in [3.63, 3.8) is 0 Å². The molecule has 1 fully saturated rings. The van der Waals surface area contributed by atoms with E-state index in [4.69, 9.17) is 16.3 Å². The van der Waals surface area contributed by atoms with Crippen LogP contribution in [0, 0.1) is 5.82 Å². The van der Waals surface area contributed by atoms with Gasteiger partial charge in [-0.3, -0.25) is 0 Å². The highest BCUT2D eigenvalue weighted by atomic mass is 35.5. The molecule has 0 bridgehead atoms. The molecule has 1 N–H and O–H groups in total. The fourth-order valence-electron chi connectivity index (χ4n) is 2.17. The lowest BCUT2D eigenvalue weighted by Crippen LogP contribution is -2.33. The molecule has 1 aromatic rings. The molecule has 0 aliphatic carbocycles. The molecular weight excluding hydrogens is 241 g/mol. The molecule has 1 aliphatic rings. The molecule has 2 unspecified atom stereocenters. The number of rotatable bonds is 3. The van der Waals surface area contributed by atoms with Crippen molar-refractivity contribution < 1.29 is 9.13 Å². The van der Waals surface area contributed by atoms with Gasteiger partial charge in [0, 0.05) is 23.4 Å². The van der Waals surface area contributed by atoms with Crippen LogP contribution in [0.1, 0.15) is 26.2 Å². The third-order valence-corrected chi connectivity index (χ3v) is 3.27. The molecular formula is C13H17ClFNO. The third-order valence-electron chi connectivity index (χ3n) is 3.06. The fraction of sp³-hybridized carbons (Fsp3) is 0.538. The molecule has 1 saturated heterocycles. The molecule has 0 saturated carbocycles. The van der Waals surface area contributed by atoms with Crippen molar-refractivity contribution in [3.8, 4) is 0 Å². The summed E-state index contributed by atoms with van der Waals surface area (Å²) in [7, 11) is 0. The van der Waals surface area contributed by atoms with Crippen LogP contribution in [0.3, 0.4) is 0 Å². The van der Waals surface area contributed by atoms with E-state index in [9.17, 15) is 4.39 Å². The number of benzene rings is 1. The highest BCUT2D eigenvalue weighted by Crippen LogP contribution is 2.23. The van der Waals surface area contributed by atoms with Crippen LogP contribution in [0.5, 0.6) is 0 Å². The van der Waals surface area contributed by atoms with Gasteiger partial charge in [-0.15, -0.1) is 0 Å². The number of halogens is 2. The minimum absolute atomic E-state index is 0.306. The molecule has 0 amide bonds. The van der Waals surface area contributed by atoms with E-state index >= 15 is 0 Å². The number of hydrogen-bond acceptors (Lipinski definition) is 2. The first-order valence-corrected chi connectivity index (χ1v) is 6.39. The summed E-state index contributed by atoms with van der Waals surface area (Å²) in [6, 6.07) is 4.88. The topological polar surface area (TPSA) is 21.3 Å². The summed E-state index contributed by atoms with van der Waals surface area (Å²) in [6.45, 7) is 2.88. The van der Waals surface area contributed by atoms with Gasteiger partial charge in [-0.1, -0.05) is 18.5 Å². The third kappa shape index (κ3) is 3.58. The van der Waals surface area contributed by atoms with Crippen LogP contribution in [0.25, 0.3) is 0 Å². The standard InChI is InChI=1S/C13H17ClFNO/c1-2-13-8-11(3-4-17-13)16-12-6-9(14)5-10(15)7-12/h5-7,11,13,16H,2-4,8H2,1H3. The first kappa shape index (κ1) is 12.7. The van der Waals surface area contributed by atoms with Gasteiger partial charge in [0.25, 0.3) is 0 Å². The summed E-state index contributed by atoms with van der Waals surface area (Å²) >= 11 is 5.82. The van der Waals surface area contributed by atoms with Crippen molar-refractivity contribution in [1.29, 1.82) is 0 Å². The van der Waals surface area contributed by atoms with Crippen molar-refractivity contribution in [2.75, 3.05) is 11.9 Å². The molecule has 1 aliphatic heterocycles. The molecule has 17 heavy (non-hydrogen) atoms. The first-order chi connectivity index (χ1) is 8.17. The van der Waals surface area contributed by atoms with E-state index in [2.05, 4.69) is 12.2 Å². The maximum atomic E-state index is 13.2. The van der Waals surface area contributed by atoms with Crippen molar-refractivity contribution in [2.24, 2.45) is 0 Å². The Morgan fingerprint density at radius 1 is 1.47 bits per heavy atom. The molecule has 94 valence electrons. The van der Waals surface area contributed by atoms with Gasteiger partial charge in [0.2, 0.25) is 0 Å². The largest absolute Gasteiger partial charge is 0.382 e. The van der Waals surface area contributed by atoms with Crippen LogP contribution >= 0.6 is 11.6 Å². The van der Waals surface area contributed by atoms with Crippen LogP contribution in [0.4, 0.5) is 10.1 Å². The van der Waals surface area contributed by atoms with Crippen LogP contribution in [-0.4, -0.2) is 18.8 Å². The Kier molecular flexibility index (Phi) is 4.24. The van der Waals surface area contributed by atoms with Gasteiger partial charge in [0.15, 0.2) is 0 Å². The maximum Gasteiger partial charge on any atom is 0.126 e. The molecule has 0 spiro atoms. The highest BCUT2D eigenvalue weighted by molar-refractivity contribution is 6.30. The zero-order chi connectivity index (χ0) is 12.3. The van der Waals surface area contributed by atoms with Gasteiger partial charge in [-0.2, -0.15) is 0 Å². The second-order valence-corrected chi connectivity index (χ2v) is 4.86. The normalized spacial score (nSPS) is 24.6. The molecule has 1 aromatic carbocycles. The Balaban J connectivity index is 2.00. The van der Waals surface area contributed by atoms with Gasteiger partial charge in [-0.05, 0) is 37.5 Å². The van der Waals surface area contributed by atoms with Crippen LogP contribution in [0.2, 0.25) is 5.02 Å². The SMILES string of the molecule is CCC1CC(Nc2cc(F)cc(Cl)c2)CCO1. The predicted molar refractivity (Wildman–Crippen MR) is 68.1 cm³/mol. The molecule has 1 heterocycles. The van der Waals surface area contributed by atoms with E-state index in [1.54, 1.807) is 6.07 Å². The van der Waals surface area contributed by atoms with Gasteiger partial charge in [0.1, 0.15) is 5.82 Å². The lowest BCUT2D eigenvalue weighted by molar-refractivity contribution is 0.00925. The van der Waals surface area contributed by atoms with Gasteiger partial charge < -0.3 is 10.1 Å². The Hall–Kier alpha value is -0.800. The Bertz CT molecular complexity index is 365. The molecule has 2 nitrogen and oxygen atoms in total. The van der Waals surface area contributed by atoms with Crippen molar-refractivity contribution >= 4 is 17.3 Å². The van der Waals surface area contributed by atoms with E-state index in [1.165, 1.54) is 12.1 Å². The summed E-state index contributed by atoms with van der Waals surface area (Å²) in [6.07, 6.45) is 3.24. The number of anilines is 1. The number of hydrogen-bond donors (Lipinski definition) is 1. The number of ether oxygens (including phenoxy) is 1. The summed E-state index contributed by atoms with van der Waals surface area (Å²) < 4.78 is 18.8. The fourth-order valence-corrected chi connectivity index (χ4v) is 2.39. The Morgan fingerprint density at radius 3 is 3.00 bits per heavy atom. The van der Waals surface area contributed by atoms with Crippen molar-refractivity contribution in [3.05, 3.63) is 29.0 Å². The minimum atomic E-state index is -0.306. The van der Waals surface area contributed by atoms with Crippen molar-refractivity contribution in [1.82, 2.24) is 0 Å². The zero-order valence-electron chi connectivity index (χ0n) is 9.88. The monoisotopic (exact) mass is 257 g/mol. The van der Waals surface area contributed by atoms with Gasteiger partial charge in [-0.25, -0.2) is 4.39 Å². The second-order valence-electron chi connectivity index (χ2n) is 4.42. The summed E-state index contributed by atoms with van der Waals surface area (Å²) in [5.41, 5.74) is 0.747. The van der Waals surface area contributed by atoms with Crippen LogP contribution < -0.4 is 5.32 Å². The predicted octanol–water partition coefficient (Wildman–Crippen LogP) is 3.85.